The first-order chi connectivity index (χ1) is 18.7. The molecule has 2 heterocycles. The first-order valence-corrected chi connectivity index (χ1v) is 13.3. The molecule has 39 heavy (non-hydrogen) atoms. The third-order valence-corrected chi connectivity index (χ3v) is 6.85. The average Bonchev–Trinajstić information content (AvgIpc) is 3.37. The SMILES string of the molecule is COc1cccc(F)c1-c1cc(C)ncc1C(=O)Nc1nnc(OCC2=CCCC/C=C(\C(C)(C)O)C=C2)s1. The average molecular weight is 551 g/mol. The normalized spacial score (nSPS) is 15.3. The second-order valence-corrected chi connectivity index (χ2v) is 10.5. The molecule has 2 N–H and O–H groups in total. The van der Waals surface area contributed by atoms with Gasteiger partial charge in [0, 0.05) is 17.5 Å². The molecular formula is C29H31FN4O4S. The molecule has 1 aliphatic carbocycles. The number of amides is 1. The summed E-state index contributed by atoms with van der Waals surface area (Å²) in [5.41, 5.74) is 2.19. The second kappa shape index (κ2) is 12.3. The van der Waals surface area contributed by atoms with Crippen LogP contribution >= 0.6 is 11.3 Å². The summed E-state index contributed by atoms with van der Waals surface area (Å²) >= 11 is 1.08. The van der Waals surface area contributed by atoms with Crippen LogP contribution in [0.4, 0.5) is 9.52 Å². The van der Waals surface area contributed by atoms with Gasteiger partial charge in [-0.3, -0.25) is 15.1 Å². The Kier molecular flexibility index (Phi) is 8.88. The molecule has 0 aliphatic heterocycles. The first-order valence-electron chi connectivity index (χ1n) is 12.5. The Morgan fingerprint density at radius 3 is 2.77 bits per heavy atom. The van der Waals surface area contributed by atoms with E-state index in [1.807, 2.05) is 12.2 Å². The number of carbonyl (C=O) groups is 1. The predicted octanol–water partition coefficient (Wildman–Crippen LogP) is 6.05. The number of methoxy groups -OCH3 is 1. The summed E-state index contributed by atoms with van der Waals surface area (Å²) in [4.78, 5) is 17.4. The van der Waals surface area contributed by atoms with Crippen molar-refractivity contribution in [2.75, 3.05) is 19.0 Å². The van der Waals surface area contributed by atoms with Gasteiger partial charge in [0.15, 0.2) is 0 Å². The summed E-state index contributed by atoms with van der Waals surface area (Å²) in [6.07, 6.45) is 12.1. The molecule has 8 nitrogen and oxygen atoms in total. The highest BCUT2D eigenvalue weighted by molar-refractivity contribution is 7.17. The quantitative estimate of drug-likeness (QED) is 0.352. The Hall–Kier alpha value is -3.89. The Morgan fingerprint density at radius 2 is 2.00 bits per heavy atom. The molecule has 1 aromatic carbocycles. The molecule has 10 heteroatoms. The number of nitrogens with one attached hydrogen (secondary N) is 1. The Morgan fingerprint density at radius 1 is 1.21 bits per heavy atom. The van der Waals surface area contributed by atoms with Crippen LogP contribution in [0.5, 0.6) is 10.9 Å². The lowest BCUT2D eigenvalue weighted by atomic mass is 9.96. The zero-order valence-electron chi connectivity index (χ0n) is 22.3. The first kappa shape index (κ1) is 28.1. The van der Waals surface area contributed by atoms with Crippen LogP contribution in [0.25, 0.3) is 11.1 Å². The zero-order chi connectivity index (χ0) is 28.0. The van der Waals surface area contributed by atoms with Gasteiger partial charge in [0.25, 0.3) is 11.1 Å². The number of carbonyl (C=O) groups excluding carboxylic acids is 1. The Labute approximate surface area is 230 Å². The number of aryl methyl sites for hydroxylation is 1. The molecule has 1 amide bonds. The number of pyridine rings is 1. The van der Waals surface area contributed by atoms with E-state index < -0.39 is 17.3 Å². The van der Waals surface area contributed by atoms with E-state index in [1.54, 1.807) is 39.0 Å². The van der Waals surface area contributed by atoms with E-state index in [-0.39, 0.29) is 28.1 Å². The standard InChI is InChI=1S/C29H31FN4O4S/c1-18-15-21(25-23(30)11-8-12-24(25)37-4)22(16-31-18)26(35)32-27-33-34-28(39-27)38-17-19-9-6-5-7-10-20(14-13-19)29(2,3)36/h8-16,36H,5-7,17H2,1-4H3,(H,32,33,35)/b14-13?,19-9?,20-10-. The van der Waals surface area contributed by atoms with Crippen molar-refractivity contribution in [3.63, 3.8) is 0 Å². The molecule has 4 rings (SSSR count). The highest BCUT2D eigenvalue weighted by Gasteiger charge is 2.21. The van der Waals surface area contributed by atoms with Crippen molar-refractivity contribution in [2.24, 2.45) is 0 Å². The fraction of sp³-hybridized carbons (Fsp3) is 0.310. The van der Waals surface area contributed by atoms with E-state index in [1.165, 1.54) is 19.4 Å². The number of hydrogen-bond acceptors (Lipinski definition) is 8. The maximum atomic E-state index is 14.8. The smallest absolute Gasteiger partial charge is 0.296 e. The van der Waals surface area contributed by atoms with E-state index in [0.717, 1.165) is 41.7 Å². The summed E-state index contributed by atoms with van der Waals surface area (Å²) in [5.74, 6) is -0.725. The largest absolute Gasteiger partial charge is 0.496 e. The number of ether oxygens (including phenoxy) is 2. The van der Waals surface area contributed by atoms with E-state index >= 15 is 0 Å². The van der Waals surface area contributed by atoms with E-state index in [0.29, 0.717) is 17.0 Å². The monoisotopic (exact) mass is 550 g/mol. The van der Waals surface area contributed by atoms with E-state index in [2.05, 4.69) is 32.7 Å². The Balaban J connectivity index is 1.48. The number of halogens is 1. The number of rotatable bonds is 8. The van der Waals surface area contributed by atoms with Gasteiger partial charge in [-0.05, 0) is 80.7 Å². The van der Waals surface area contributed by atoms with Crippen molar-refractivity contribution < 1.29 is 23.8 Å². The van der Waals surface area contributed by atoms with Gasteiger partial charge in [-0.1, -0.05) is 35.5 Å². The van der Waals surface area contributed by atoms with Crippen LogP contribution in [0.2, 0.25) is 0 Å². The summed E-state index contributed by atoms with van der Waals surface area (Å²) in [6.45, 7) is 5.55. The molecule has 0 saturated carbocycles. The number of aliphatic hydroxyl groups is 1. The predicted molar refractivity (Wildman–Crippen MR) is 150 cm³/mol. The molecule has 1 aliphatic rings. The van der Waals surface area contributed by atoms with Crippen LogP contribution in [-0.4, -0.2) is 45.5 Å². The summed E-state index contributed by atoms with van der Waals surface area (Å²) in [7, 11) is 1.45. The lowest BCUT2D eigenvalue weighted by Gasteiger charge is -2.19. The maximum Gasteiger partial charge on any atom is 0.296 e. The van der Waals surface area contributed by atoms with Crippen LogP contribution in [0.15, 0.2) is 65.9 Å². The zero-order valence-corrected chi connectivity index (χ0v) is 23.1. The minimum atomic E-state index is -0.927. The minimum absolute atomic E-state index is 0.165. The van der Waals surface area contributed by atoms with Gasteiger partial charge in [-0.25, -0.2) is 4.39 Å². The second-order valence-electron chi connectivity index (χ2n) is 9.57. The van der Waals surface area contributed by atoms with Crippen LogP contribution in [0, 0.1) is 12.7 Å². The van der Waals surface area contributed by atoms with Crippen molar-refractivity contribution in [1.29, 1.82) is 0 Å². The van der Waals surface area contributed by atoms with Gasteiger partial charge in [0.1, 0.15) is 18.2 Å². The molecule has 204 valence electrons. The number of benzene rings is 1. The number of aromatic nitrogens is 3. The fourth-order valence-electron chi connectivity index (χ4n) is 4.07. The fourth-order valence-corrected chi connectivity index (χ4v) is 4.66. The molecule has 0 spiro atoms. The number of allylic oxidation sites excluding steroid dienone is 2. The third kappa shape index (κ3) is 7.15. The molecular weight excluding hydrogens is 519 g/mol. The summed E-state index contributed by atoms with van der Waals surface area (Å²) in [5, 5.41) is 21.7. The topological polar surface area (TPSA) is 106 Å². The van der Waals surface area contributed by atoms with Gasteiger partial charge in [0.2, 0.25) is 5.13 Å². The number of hydrogen-bond donors (Lipinski definition) is 2. The molecule has 0 atom stereocenters. The summed E-state index contributed by atoms with van der Waals surface area (Å²) < 4.78 is 26.0. The molecule has 3 aromatic rings. The van der Waals surface area contributed by atoms with Crippen LogP contribution in [0.3, 0.4) is 0 Å². The highest BCUT2D eigenvalue weighted by Crippen LogP contribution is 2.35. The molecule has 2 aromatic heterocycles. The molecule has 0 radical (unpaired) electrons. The number of anilines is 1. The van der Waals surface area contributed by atoms with Gasteiger partial charge in [0.05, 0.1) is 23.8 Å². The van der Waals surface area contributed by atoms with Crippen LogP contribution in [0.1, 0.15) is 49.2 Å². The van der Waals surface area contributed by atoms with Crippen LogP contribution < -0.4 is 14.8 Å². The summed E-state index contributed by atoms with van der Waals surface area (Å²) in [6, 6.07) is 6.13. The van der Waals surface area contributed by atoms with Gasteiger partial charge < -0.3 is 14.6 Å². The van der Waals surface area contributed by atoms with Crippen molar-refractivity contribution in [3.05, 3.63) is 83.0 Å². The van der Waals surface area contributed by atoms with Crippen molar-refractivity contribution in [1.82, 2.24) is 15.2 Å². The third-order valence-electron chi connectivity index (χ3n) is 6.10. The molecule has 0 unspecified atom stereocenters. The van der Waals surface area contributed by atoms with Gasteiger partial charge >= 0.3 is 0 Å². The molecule has 0 fully saturated rings. The van der Waals surface area contributed by atoms with E-state index in [9.17, 15) is 14.3 Å². The lowest BCUT2D eigenvalue weighted by molar-refractivity contribution is 0.102. The van der Waals surface area contributed by atoms with Crippen molar-refractivity contribution >= 4 is 22.4 Å². The van der Waals surface area contributed by atoms with Crippen molar-refractivity contribution in [2.45, 2.75) is 45.6 Å². The van der Waals surface area contributed by atoms with Gasteiger partial charge in [-0.15, -0.1) is 5.10 Å². The lowest BCUT2D eigenvalue weighted by Crippen LogP contribution is -2.20. The van der Waals surface area contributed by atoms with Gasteiger partial charge in [-0.2, -0.15) is 0 Å². The van der Waals surface area contributed by atoms with E-state index in [4.69, 9.17) is 9.47 Å². The van der Waals surface area contributed by atoms with Crippen LogP contribution in [-0.2, 0) is 0 Å². The highest BCUT2D eigenvalue weighted by atomic mass is 32.1. The van der Waals surface area contributed by atoms with Crippen molar-refractivity contribution in [3.8, 4) is 22.1 Å². The Bertz CT molecular complexity index is 1440. The number of nitrogens with zero attached hydrogens (tertiary/aromatic N) is 3. The molecule has 0 bridgehead atoms. The molecule has 0 saturated heterocycles. The maximum absolute atomic E-state index is 14.8. The minimum Gasteiger partial charge on any atom is -0.496 e.